The first kappa shape index (κ1) is 8.96. The van der Waals surface area contributed by atoms with E-state index >= 15 is 0 Å². The molecule has 0 aromatic rings. The number of aliphatic hydroxyl groups is 1. The summed E-state index contributed by atoms with van der Waals surface area (Å²) in [6.07, 6.45) is 5.20. The molecule has 0 heterocycles. The van der Waals surface area contributed by atoms with Crippen LogP contribution >= 0.6 is 0 Å². The van der Waals surface area contributed by atoms with Gasteiger partial charge in [0.25, 0.3) is 0 Å². The van der Waals surface area contributed by atoms with E-state index in [0.717, 1.165) is 0 Å². The van der Waals surface area contributed by atoms with Crippen molar-refractivity contribution in [2.24, 2.45) is 5.92 Å². The molecule has 0 radical (unpaired) electrons. The van der Waals surface area contributed by atoms with Crippen LogP contribution < -0.4 is 0 Å². The molecule has 0 aliphatic heterocycles. The van der Waals surface area contributed by atoms with E-state index in [2.05, 4.69) is 0 Å². The highest BCUT2D eigenvalue weighted by Gasteiger charge is 2.12. The van der Waals surface area contributed by atoms with Crippen LogP contribution in [0.1, 0.15) is 39.5 Å². The smallest absolute Gasteiger partial charge is 0.0459 e. The molecule has 1 N–H and O–H groups in total. The molecule has 1 nitrogen and oxygen atoms in total. The van der Waals surface area contributed by atoms with Crippen molar-refractivity contribution in [3.8, 4) is 0 Å². The molecule has 1 aliphatic rings. The van der Waals surface area contributed by atoms with Crippen LogP contribution in [0, 0.1) is 5.92 Å². The zero-order chi connectivity index (χ0) is 7.11. The van der Waals surface area contributed by atoms with Gasteiger partial charge in [0, 0.05) is 6.61 Å². The fourth-order valence-corrected chi connectivity index (χ4v) is 1.19. The molecule has 0 aromatic heterocycles. The average molecular weight is 130 g/mol. The Balaban J connectivity index is 0.000000291. The van der Waals surface area contributed by atoms with E-state index in [9.17, 15) is 0 Å². The van der Waals surface area contributed by atoms with Crippen LogP contribution in [0.5, 0.6) is 0 Å². The summed E-state index contributed by atoms with van der Waals surface area (Å²) in [7, 11) is 0. The van der Waals surface area contributed by atoms with Crippen LogP contribution in [0.2, 0.25) is 0 Å². The maximum atomic E-state index is 8.57. The largest absolute Gasteiger partial charge is 0.396 e. The monoisotopic (exact) mass is 130 g/mol. The molecule has 1 heteroatoms. The average Bonchev–Trinajstić information content (AvgIpc) is 2.43. The third-order valence-corrected chi connectivity index (χ3v) is 1.73. The Morgan fingerprint density at radius 1 is 1.22 bits per heavy atom. The molecule has 9 heavy (non-hydrogen) atoms. The van der Waals surface area contributed by atoms with Crippen molar-refractivity contribution in [1.29, 1.82) is 0 Å². The van der Waals surface area contributed by atoms with Gasteiger partial charge in [-0.3, -0.25) is 0 Å². The van der Waals surface area contributed by atoms with Crippen molar-refractivity contribution in [1.82, 2.24) is 0 Å². The van der Waals surface area contributed by atoms with Gasteiger partial charge in [-0.1, -0.05) is 26.7 Å². The molecule has 0 spiro atoms. The lowest BCUT2D eigenvalue weighted by Gasteiger charge is -1.98. The molecule has 0 aromatic carbocycles. The van der Waals surface area contributed by atoms with Gasteiger partial charge in [-0.2, -0.15) is 0 Å². The number of aliphatic hydroxyl groups excluding tert-OH is 1. The van der Waals surface area contributed by atoms with Crippen LogP contribution in [0.4, 0.5) is 0 Å². The number of hydrogen-bond acceptors (Lipinski definition) is 1. The second-order valence-corrected chi connectivity index (χ2v) is 2.33. The Kier molecular flexibility index (Phi) is 6.06. The van der Waals surface area contributed by atoms with Gasteiger partial charge in [-0.15, -0.1) is 0 Å². The quantitative estimate of drug-likeness (QED) is 0.577. The summed E-state index contributed by atoms with van der Waals surface area (Å²) in [5, 5.41) is 8.57. The maximum absolute atomic E-state index is 8.57. The molecule has 56 valence electrons. The molecule has 0 amide bonds. The van der Waals surface area contributed by atoms with Crippen molar-refractivity contribution >= 4 is 0 Å². The third-order valence-electron chi connectivity index (χ3n) is 1.73. The molecule has 1 aliphatic carbocycles. The van der Waals surface area contributed by atoms with Gasteiger partial charge in [0.2, 0.25) is 0 Å². The normalized spacial score (nSPS) is 19.0. The third kappa shape index (κ3) is 3.52. The second-order valence-electron chi connectivity index (χ2n) is 2.33. The van der Waals surface area contributed by atoms with Gasteiger partial charge in [-0.25, -0.2) is 0 Å². The summed E-state index contributed by atoms with van der Waals surface area (Å²) in [5.41, 5.74) is 0. The van der Waals surface area contributed by atoms with Crippen molar-refractivity contribution in [3.63, 3.8) is 0 Å². The Morgan fingerprint density at radius 2 is 1.67 bits per heavy atom. The van der Waals surface area contributed by atoms with Crippen LogP contribution in [0.3, 0.4) is 0 Å². The zero-order valence-corrected chi connectivity index (χ0v) is 6.56. The molecule has 1 fully saturated rings. The van der Waals surface area contributed by atoms with Gasteiger partial charge < -0.3 is 5.11 Å². The molecule has 0 atom stereocenters. The second kappa shape index (κ2) is 6.09. The number of hydrogen-bond donors (Lipinski definition) is 1. The summed E-state index contributed by atoms with van der Waals surface area (Å²) in [4.78, 5) is 0. The molecule has 0 bridgehead atoms. The van der Waals surface area contributed by atoms with E-state index in [1.54, 1.807) is 0 Å². The van der Waals surface area contributed by atoms with Crippen molar-refractivity contribution in [2.45, 2.75) is 39.5 Å². The van der Waals surface area contributed by atoms with E-state index in [-0.39, 0.29) is 0 Å². The summed E-state index contributed by atoms with van der Waals surface area (Å²) < 4.78 is 0. The lowest BCUT2D eigenvalue weighted by atomic mass is 10.1. The fourth-order valence-electron chi connectivity index (χ4n) is 1.19. The van der Waals surface area contributed by atoms with E-state index < -0.39 is 0 Å². The molecular weight excluding hydrogens is 112 g/mol. The minimum absolute atomic E-state index is 0.417. The van der Waals surface area contributed by atoms with Gasteiger partial charge >= 0.3 is 0 Å². The van der Waals surface area contributed by atoms with Crippen LogP contribution in [-0.2, 0) is 0 Å². The SMILES string of the molecule is CC.OCC1CCCC1. The molecule has 1 rings (SSSR count). The Morgan fingerprint density at radius 3 is 1.89 bits per heavy atom. The highest BCUT2D eigenvalue weighted by atomic mass is 16.3. The highest BCUT2D eigenvalue weighted by molar-refractivity contribution is 4.64. The topological polar surface area (TPSA) is 20.2 Å². The summed E-state index contributed by atoms with van der Waals surface area (Å²) in [6.45, 7) is 4.42. The Bertz CT molecular complexity index is 46.5. The van der Waals surface area contributed by atoms with E-state index in [0.29, 0.717) is 12.5 Å². The molecule has 1 saturated carbocycles. The summed E-state index contributed by atoms with van der Waals surface area (Å²) in [6, 6.07) is 0. The van der Waals surface area contributed by atoms with Gasteiger partial charge in [0.1, 0.15) is 0 Å². The van der Waals surface area contributed by atoms with Gasteiger partial charge in [-0.05, 0) is 18.8 Å². The minimum atomic E-state index is 0.417. The summed E-state index contributed by atoms with van der Waals surface area (Å²) >= 11 is 0. The minimum Gasteiger partial charge on any atom is -0.396 e. The molecule has 0 saturated heterocycles. The Labute approximate surface area is 58.1 Å². The van der Waals surface area contributed by atoms with E-state index in [1.807, 2.05) is 13.8 Å². The first-order valence-electron chi connectivity index (χ1n) is 4.04. The van der Waals surface area contributed by atoms with Gasteiger partial charge in [0.15, 0.2) is 0 Å². The first-order chi connectivity index (χ1) is 4.43. The summed E-state index contributed by atoms with van der Waals surface area (Å²) in [5.74, 6) is 0.653. The lowest BCUT2D eigenvalue weighted by Crippen LogP contribution is -1.97. The highest BCUT2D eigenvalue weighted by Crippen LogP contribution is 2.23. The standard InChI is InChI=1S/C6H12O.C2H6/c7-5-6-3-1-2-4-6;1-2/h6-7H,1-5H2;1-2H3. The van der Waals surface area contributed by atoms with Crippen LogP contribution in [0.15, 0.2) is 0 Å². The predicted molar refractivity (Wildman–Crippen MR) is 40.4 cm³/mol. The zero-order valence-electron chi connectivity index (χ0n) is 6.56. The number of rotatable bonds is 1. The molecular formula is C8H18O. The van der Waals surface area contributed by atoms with E-state index in [4.69, 9.17) is 5.11 Å². The van der Waals surface area contributed by atoms with Crippen molar-refractivity contribution in [3.05, 3.63) is 0 Å². The molecule has 0 unspecified atom stereocenters. The Hall–Kier alpha value is -0.0400. The van der Waals surface area contributed by atoms with Gasteiger partial charge in [0.05, 0.1) is 0 Å². The first-order valence-corrected chi connectivity index (χ1v) is 4.04. The van der Waals surface area contributed by atoms with E-state index in [1.165, 1.54) is 25.7 Å². The fraction of sp³-hybridized carbons (Fsp3) is 1.00. The van der Waals surface area contributed by atoms with Crippen LogP contribution in [-0.4, -0.2) is 11.7 Å². The predicted octanol–water partition coefficient (Wildman–Crippen LogP) is 2.20. The van der Waals surface area contributed by atoms with Crippen LogP contribution in [0.25, 0.3) is 0 Å². The maximum Gasteiger partial charge on any atom is 0.0459 e. The van der Waals surface area contributed by atoms with Crippen molar-refractivity contribution in [2.75, 3.05) is 6.61 Å². The lowest BCUT2D eigenvalue weighted by molar-refractivity contribution is 0.230. The van der Waals surface area contributed by atoms with Crippen molar-refractivity contribution < 1.29 is 5.11 Å².